The predicted octanol–water partition coefficient (Wildman–Crippen LogP) is 1.09. The van der Waals surface area contributed by atoms with Crippen molar-refractivity contribution in [2.24, 2.45) is 10.9 Å². The molecule has 0 unspecified atom stereocenters. The predicted molar refractivity (Wildman–Crippen MR) is 67.9 cm³/mol. The molecule has 1 aromatic rings. The number of nitrogens with zero attached hydrogens (tertiary/aromatic N) is 1. The summed E-state index contributed by atoms with van der Waals surface area (Å²) in [6.07, 6.45) is 0.897. The molecule has 6 nitrogen and oxygen atoms in total. The molecule has 7 heteroatoms. The van der Waals surface area contributed by atoms with E-state index in [1.165, 1.54) is 19.2 Å². The van der Waals surface area contributed by atoms with Crippen molar-refractivity contribution in [2.75, 3.05) is 13.7 Å². The Balaban J connectivity index is 2.48. The van der Waals surface area contributed by atoms with Gasteiger partial charge in [0.05, 0.1) is 7.11 Å². The number of halogens is 1. The van der Waals surface area contributed by atoms with E-state index in [1.807, 2.05) is 0 Å². The Kier molecular flexibility index (Phi) is 5.59. The normalized spacial score (nSPS) is 11.2. The van der Waals surface area contributed by atoms with Crippen LogP contribution in [0.15, 0.2) is 23.4 Å². The number of amidine groups is 1. The number of nitrogens with two attached hydrogens (primary N) is 1. The third-order valence-electron chi connectivity index (χ3n) is 2.44. The van der Waals surface area contributed by atoms with Crippen molar-refractivity contribution in [1.82, 2.24) is 5.32 Å². The van der Waals surface area contributed by atoms with E-state index in [1.54, 1.807) is 0 Å². The van der Waals surface area contributed by atoms with Crippen LogP contribution in [0, 0.1) is 5.82 Å². The van der Waals surface area contributed by atoms with Crippen molar-refractivity contribution in [3.63, 3.8) is 0 Å². The Hall–Kier alpha value is -2.31. The van der Waals surface area contributed by atoms with Crippen molar-refractivity contribution in [3.8, 4) is 5.75 Å². The molecule has 104 valence electrons. The van der Waals surface area contributed by atoms with E-state index >= 15 is 0 Å². The van der Waals surface area contributed by atoms with Gasteiger partial charge in [0.25, 0.3) is 5.91 Å². The molecule has 19 heavy (non-hydrogen) atoms. The summed E-state index contributed by atoms with van der Waals surface area (Å²) in [5.41, 5.74) is 5.49. The van der Waals surface area contributed by atoms with Gasteiger partial charge in [0.15, 0.2) is 11.6 Å². The highest BCUT2D eigenvalue weighted by Gasteiger charge is 2.09. The first-order valence-electron chi connectivity index (χ1n) is 5.66. The standard InChI is InChI=1S/C12H16FN3O3/c1-19-10-5-4-8(7-9(10)13)12(17)15-6-2-3-11(14)16-18/h4-5,7,18H,2-3,6H2,1H3,(H2,14,16)(H,15,17). The molecule has 4 N–H and O–H groups in total. The summed E-state index contributed by atoms with van der Waals surface area (Å²) in [7, 11) is 1.35. The lowest BCUT2D eigenvalue weighted by molar-refractivity contribution is 0.0953. The van der Waals surface area contributed by atoms with Crippen molar-refractivity contribution < 1.29 is 19.1 Å². The smallest absolute Gasteiger partial charge is 0.251 e. The molecule has 0 saturated heterocycles. The Morgan fingerprint density at radius 3 is 2.89 bits per heavy atom. The van der Waals surface area contributed by atoms with Gasteiger partial charge < -0.3 is 21.0 Å². The number of amides is 1. The highest BCUT2D eigenvalue weighted by Crippen LogP contribution is 2.17. The van der Waals surface area contributed by atoms with Gasteiger partial charge >= 0.3 is 0 Å². The molecular formula is C12H16FN3O3. The minimum Gasteiger partial charge on any atom is -0.494 e. The third-order valence-corrected chi connectivity index (χ3v) is 2.44. The van der Waals surface area contributed by atoms with E-state index in [0.29, 0.717) is 19.4 Å². The molecule has 0 radical (unpaired) electrons. The van der Waals surface area contributed by atoms with Crippen LogP contribution < -0.4 is 15.8 Å². The van der Waals surface area contributed by atoms with Crippen LogP contribution in [-0.4, -0.2) is 30.6 Å². The molecule has 0 spiro atoms. The fourth-order valence-electron chi connectivity index (χ4n) is 1.43. The number of ether oxygens (including phenoxy) is 1. The van der Waals surface area contributed by atoms with Crippen LogP contribution in [0.3, 0.4) is 0 Å². The van der Waals surface area contributed by atoms with Crippen molar-refractivity contribution in [1.29, 1.82) is 0 Å². The molecule has 0 aliphatic rings. The molecule has 0 atom stereocenters. The summed E-state index contributed by atoms with van der Waals surface area (Å²) in [4.78, 5) is 11.7. The summed E-state index contributed by atoms with van der Waals surface area (Å²) in [6.45, 7) is 0.350. The average molecular weight is 269 g/mol. The Labute approximate surface area is 110 Å². The second-order valence-corrected chi connectivity index (χ2v) is 3.80. The Bertz CT molecular complexity index is 477. The number of carbonyl (C=O) groups is 1. The lowest BCUT2D eigenvalue weighted by Gasteiger charge is -2.06. The summed E-state index contributed by atoms with van der Waals surface area (Å²) >= 11 is 0. The van der Waals surface area contributed by atoms with Gasteiger partial charge in [0, 0.05) is 18.5 Å². The van der Waals surface area contributed by atoms with Gasteiger partial charge in [-0.1, -0.05) is 5.16 Å². The number of hydrogen-bond donors (Lipinski definition) is 3. The molecule has 0 heterocycles. The largest absolute Gasteiger partial charge is 0.494 e. The van der Waals surface area contributed by atoms with E-state index < -0.39 is 5.82 Å². The molecule has 1 aromatic carbocycles. The van der Waals surface area contributed by atoms with Crippen LogP contribution in [0.25, 0.3) is 0 Å². The van der Waals surface area contributed by atoms with Crippen LogP contribution in [0.5, 0.6) is 5.75 Å². The van der Waals surface area contributed by atoms with Gasteiger partial charge in [-0.2, -0.15) is 0 Å². The van der Waals surface area contributed by atoms with E-state index in [0.717, 1.165) is 6.07 Å². The zero-order valence-electron chi connectivity index (χ0n) is 10.5. The molecule has 0 aliphatic heterocycles. The van der Waals surface area contributed by atoms with Gasteiger partial charge in [-0.15, -0.1) is 0 Å². The second-order valence-electron chi connectivity index (χ2n) is 3.80. The molecule has 1 rings (SSSR count). The SMILES string of the molecule is COc1ccc(C(=O)NCCCC(N)=NO)cc1F. The summed E-state index contributed by atoms with van der Waals surface area (Å²) < 4.78 is 18.1. The number of hydrogen-bond acceptors (Lipinski definition) is 4. The lowest BCUT2D eigenvalue weighted by Crippen LogP contribution is -2.25. The van der Waals surface area contributed by atoms with E-state index in [4.69, 9.17) is 15.7 Å². The van der Waals surface area contributed by atoms with E-state index in [2.05, 4.69) is 10.5 Å². The number of carbonyl (C=O) groups excluding carboxylic acids is 1. The van der Waals surface area contributed by atoms with Crippen LogP contribution in [0.2, 0.25) is 0 Å². The third kappa shape index (κ3) is 4.46. The monoisotopic (exact) mass is 269 g/mol. The van der Waals surface area contributed by atoms with Gasteiger partial charge in [-0.05, 0) is 24.6 Å². The molecule has 0 bridgehead atoms. The number of benzene rings is 1. The summed E-state index contributed by atoms with van der Waals surface area (Å²) in [5.74, 6) is -0.791. The van der Waals surface area contributed by atoms with E-state index in [-0.39, 0.29) is 23.1 Å². The Morgan fingerprint density at radius 1 is 1.58 bits per heavy atom. The number of rotatable bonds is 6. The minimum absolute atomic E-state index is 0.0866. The molecular weight excluding hydrogens is 253 g/mol. The quantitative estimate of drug-likeness (QED) is 0.237. The van der Waals surface area contributed by atoms with Gasteiger partial charge in [0.2, 0.25) is 0 Å². The maximum absolute atomic E-state index is 13.4. The first-order chi connectivity index (χ1) is 9.08. The summed E-state index contributed by atoms with van der Waals surface area (Å²) in [5, 5.41) is 13.7. The van der Waals surface area contributed by atoms with Crippen molar-refractivity contribution in [2.45, 2.75) is 12.8 Å². The second kappa shape index (κ2) is 7.20. The topological polar surface area (TPSA) is 96.9 Å². The van der Waals surface area contributed by atoms with Gasteiger partial charge in [-0.25, -0.2) is 4.39 Å². The molecule has 0 fully saturated rings. The highest BCUT2D eigenvalue weighted by atomic mass is 19.1. The van der Waals surface area contributed by atoms with Crippen LogP contribution >= 0.6 is 0 Å². The van der Waals surface area contributed by atoms with Gasteiger partial charge in [0.1, 0.15) is 5.84 Å². The molecule has 1 amide bonds. The zero-order valence-corrected chi connectivity index (χ0v) is 10.5. The molecule has 0 aromatic heterocycles. The van der Waals surface area contributed by atoms with Crippen molar-refractivity contribution in [3.05, 3.63) is 29.6 Å². The maximum atomic E-state index is 13.4. The van der Waals surface area contributed by atoms with Gasteiger partial charge in [-0.3, -0.25) is 4.79 Å². The first-order valence-corrected chi connectivity index (χ1v) is 5.66. The van der Waals surface area contributed by atoms with Crippen LogP contribution in [0.4, 0.5) is 4.39 Å². The minimum atomic E-state index is -0.591. The average Bonchev–Trinajstić information content (AvgIpc) is 2.42. The van der Waals surface area contributed by atoms with Crippen LogP contribution in [0.1, 0.15) is 23.2 Å². The maximum Gasteiger partial charge on any atom is 0.251 e. The Morgan fingerprint density at radius 2 is 2.32 bits per heavy atom. The summed E-state index contributed by atoms with van der Waals surface area (Å²) in [6, 6.07) is 3.97. The zero-order chi connectivity index (χ0) is 14.3. The molecule has 0 aliphatic carbocycles. The fraction of sp³-hybridized carbons (Fsp3) is 0.333. The first kappa shape index (κ1) is 14.7. The van der Waals surface area contributed by atoms with E-state index in [9.17, 15) is 9.18 Å². The number of oxime groups is 1. The highest BCUT2D eigenvalue weighted by molar-refractivity contribution is 5.94. The fourth-order valence-corrected chi connectivity index (χ4v) is 1.43. The number of nitrogens with one attached hydrogen (secondary N) is 1. The van der Waals surface area contributed by atoms with Crippen molar-refractivity contribution >= 4 is 11.7 Å². The number of methoxy groups -OCH3 is 1. The molecule has 0 saturated carbocycles. The van der Waals surface area contributed by atoms with Crippen LogP contribution in [-0.2, 0) is 0 Å². The lowest BCUT2D eigenvalue weighted by atomic mass is 10.2.